The Morgan fingerprint density at radius 3 is 2.83 bits per heavy atom. The van der Waals surface area contributed by atoms with Gasteiger partial charge in [0, 0.05) is 12.6 Å². The number of nitrogens with one attached hydrogen (secondary N) is 1. The molecule has 0 atom stereocenters. The SMILES string of the molecule is C=Cc1c(C)cc(N)nc1NC. The number of nitrogen functional groups attached to an aromatic ring is 1. The van der Waals surface area contributed by atoms with Gasteiger partial charge in [-0.15, -0.1) is 0 Å². The molecule has 0 fully saturated rings. The van der Waals surface area contributed by atoms with Crippen molar-refractivity contribution in [1.29, 1.82) is 0 Å². The Kier molecular flexibility index (Phi) is 2.33. The molecular formula is C9H13N3. The zero-order valence-corrected chi connectivity index (χ0v) is 7.39. The summed E-state index contributed by atoms with van der Waals surface area (Å²) in [5, 5.41) is 2.97. The molecule has 3 heteroatoms. The maximum absolute atomic E-state index is 5.57. The third kappa shape index (κ3) is 1.39. The van der Waals surface area contributed by atoms with Gasteiger partial charge in [-0.3, -0.25) is 0 Å². The van der Waals surface area contributed by atoms with Gasteiger partial charge < -0.3 is 11.1 Å². The number of aromatic nitrogens is 1. The molecule has 1 heterocycles. The van der Waals surface area contributed by atoms with Gasteiger partial charge in [0.1, 0.15) is 11.6 Å². The molecule has 0 aliphatic rings. The summed E-state index contributed by atoms with van der Waals surface area (Å²) in [4.78, 5) is 4.12. The van der Waals surface area contributed by atoms with Crippen molar-refractivity contribution >= 4 is 17.7 Å². The number of hydrogen-bond acceptors (Lipinski definition) is 3. The van der Waals surface area contributed by atoms with Gasteiger partial charge in [0.25, 0.3) is 0 Å². The number of pyridine rings is 1. The van der Waals surface area contributed by atoms with Crippen molar-refractivity contribution in [3.05, 3.63) is 23.8 Å². The molecule has 1 aromatic heterocycles. The zero-order valence-electron chi connectivity index (χ0n) is 7.39. The summed E-state index contributed by atoms with van der Waals surface area (Å²) >= 11 is 0. The van der Waals surface area contributed by atoms with Gasteiger partial charge in [0.2, 0.25) is 0 Å². The van der Waals surface area contributed by atoms with Gasteiger partial charge in [0.15, 0.2) is 0 Å². The summed E-state index contributed by atoms with van der Waals surface area (Å²) in [5.74, 6) is 1.31. The molecule has 12 heavy (non-hydrogen) atoms. The average Bonchev–Trinajstić information content (AvgIpc) is 2.03. The van der Waals surface area contributed by atoms with E-state index in [1.54, 1.807) is 6.08 Å². The van der Waals surface area contributed by atoms with Crippen molar-refractivity contribution in [1.82, 2.24) is 4.98 Å². The molecule has 0 unspecified atom stereocenters. The minimum atomic E-state index is 0.530. The lowest BCUT2D eigenvalue weighted by molar-refractivity contribution is 1.25. The Balaban J connectivity index is 3.33. The third-order valence-corrected chi connectivity index (χ3v) is 1.73. The largest absolute Gasteiger partial charge is 0.384 e. The van der Waals surface area contributed by atoms with E-state index >= 15 is 0 Å². The fourth-order valence-corrected chi connectivity index (χ4v) is 1.16. The van der Waals surface area contributed by atoms with Crippen molar-refractivity contribution in [2.24, 2.45) is 0 Å². The van der Waals surface area contributed by atoms with Crippen LogP contribution in [0.1, 0.15) is 11.1 Å². The summed E-state index contributed by atoms with van der Waals surface area (Å²) < 4.78 is 0. The Morgan fingerprint density at radius 1 is 1.67 bits per heavy atom. The summed E-state index contributed by atoms with van der Waals surface area (Å²) in [6.45, 7) is 5.69. The first-order valence-corrected chi connectivity index (χ1v) is 3.76. The van der Waals surface area contributed by atoms with Crippen LogP contribution in [-0.4, -0.2) is 12.0 Å². The fourth-order valence-electron chi connectivity index (χ4n) is 1.16. The monoisotopic (exact) mass is 163 g/mol. The quantitative estimate of drug-likeness (QED) is 0.697. The minimum absolute atomic E-state index is 0.530. The number of nitrogens with two attached hydrogens (primary N) is 1. The second-order valence-corrected chi connectivity index (χ2v) is 2.58. The van der Waals surface area contributed by atoms with E-state index in [1.165, 1.54) is 0 Å². The highest BCUT2D eigenvalue weighted by Crippen LogP contribution is 2.19. The van der Waals surface area contributed by atoms with Crippen molar-refractivity contribution < 1.29 is 0 Å². The topological polar surface area (TPSA) is 50.9 Å². The van der Waals surface area contributed by atoms with E-state index in [0.717, 1.165) is 16.9 Å². The standard InChI is InChI=1S/C9H13N3/c1-4-7-6(2)5-8(10)12-9(7)11-3/h4-5H,1H2,2-3H3,(H3,10,11,12). The van der Waals surface area contributed by atoms with Crippen molar-refractivity contribution in [2.75, 3.05) is 18.1 Å². The first kappa shape index (κ1) is 8.59. The molecular weight excluding hydrogens is 150 g/mol. The molecule has 64 valence electrons. The van der Waals surface area contributed by atoms with Crippen molar-refractivity contribution in [2.45, 2.75) is 6.92 Å². The molecule has 0 aliphatic carbocycles. The Hall–Kier alpha value is -1.51. The van der Waals surface area contributed by atoms with Gasteiger partial charge in [0.05, 0.1) is 0 Å². The second-order valence-electron chi connectivity index (χ2n) is 2.58. The van der Waals surface area contributed by atoms with Crippen LogP contribution in [0.25, 0.3) is 6.08 Å². The highest BCUT2D eigenvalue weighted by atomic mass is 15.0. The average molecular weight is 163 g/mol. The minimum Gasteiger partial charge on any atom is -0.384 e. The van der Waals surface area contributed by atoms with Crippen molar-refractivity contribution in [3.8, 4) is 0 Å². The molecule has 1 aromatic rings. The molecule has 0 aromatic carbocycles. The van der Waals surface area contributed by atoms with Crippen LogP contribution in [0.5, 0.6) is 0 Å². The lowest BCUT2D eigenvalue weighted by Gasteiger charge is -2.08. The molecule has 3 nitrogen and oxygen atoms in total. The van der Waals surface area contributed by atoms with E-state index in [1.807, 2.05) is 20.0 Å². The van der Waals surface area contributed by atoms with E-state index in [4.69, 9.17) is 5.73 Å². The molecule has 0 saturated heterocycles. The van der Waals surface area contributed by atoms with Crippen molar-refractivity contribution in [3.63, 3.8) is 0 Å². The first-order valence-electron chi connectivity index (χ1n) is 3.76. The van der Waals surface area contributed by atoms with Crippen LogP contribution in [-0.2, 0) is 0 Å². The molecule has 3 N–H and O–H groups in total. The van der Waals surface area contributed by atoms with Crippen LogP contribution in [0.15, 0.2) is 12.6 Å². The zero-order chi connectivity index (χ0) is 9.14. The van der Waals surface area contributed by atoms with Gasteiger partial charge >= 0.3 is 0 Å². The van der Waals surface area contributed by atoms with Crippen LogP contribution in [0.3, 0.4) is 0 Å². The number of anilines is 2. The normalized spacial score (nSPS) is 9.50. The number of rotatable bonds is 2. The van der Waals surface area contributed by atoms with Crippen LogP contribution in [0.2, 0.25) is 0 Å². The summed E-state index contributed by atoms with van der Waals surface area (Å²) in [7, 11) is 1.81. The molecule has 0 radical (unpaired) electrons. The number of hydrogen-bond donors (Lipinski definition) is 2. The molecule has 0 aliphatic heterocycles. The van der Waals surface area contributed by atoms with E-state index < -0.39 is 0 Å². The lowest BCUT2D eigenvalue weighted by Crippen LogP contribution is -2.01. The summed E-state index contributed by atoms with van der Waals surface area (Å²) in [6.07, 6.45) is 1.77. The molecule has 0 spiro atoms. The van der Waals surface area contributed by atoms with Crippen LogP contribution in [0, 0.1) is 6.92 Å². The van der Waals surface area contributed by atoms with Crippen LogP contribution < -0.4 is 11.1 Å². The van der Waals surface area contributed by atoms with Gasteiger partial charge in [-0.2, -0.15) is 0 Å². The highest BCUT2D eigenvalue weighted by molar-refractivity contribution is 5.67. The number of nitrogens with zero attached hydrogens (tertiary/aromatic N) is 1. The molecule has 0 bridgehead atoms. The van der Waals surface area contributed by atoms with Gasteiger partial charge in [-0.25, -0.2) is 4.98 Å². The Morgan fingerprint density at radius 2 is 2.33 bits per heavy atom. The maximum atomic E-state index is 5.57. The van der Waals surface area contributed by atoms with E-state index in [2.05, 4.69) is 16.9 Å². The second kappa shape index (κ2) is 3.26. The maximum Gasteiger partial charge on any atom is 0.135 e. The molecule has 0 saturated carbocycles. The van der Waals surface area contributed by atoms with E-state index in [-0.39, 0.29) is 0 Å². The van der Waals surface area contributed by atoms with E-state index in [9.17, 15) is 0 Å². The summed E-state index contributed by atoms with van der Waals surface area (Å²) in [5.41, 5.74) is 7.66. The number of aryl methyl sites for hydroxylation is 1. The predicted octanol–water partition coefficient (Wildman–Crippen LogP) is 1.66. The first-order chi connectivity index (χ1) is 5.69. The molecule has 1 rings (SSSR count). The van der Waals surface area contributed by atoms with Crippen LogP contribution in [0.4, 0.5) is 11.6 Å². The molecule has 0 amide bonds. The van der Waals surface area contributed by atoms with Gasteiger partial charge in [-0.05, 0) is 18.6 Å². The Labute approximate surface area is 72.3 Å². The van der Waals surface area contributed by atoms with Crippen LogP contribution >= 0.6 is 0 Å². The van der Waals surface area contributed by atoms with E-state index in [0.29, 0.717) is 5.82 Å². The smallest absolute Gasteiger partial charge is 0.135 e. The highest BCUT2D eigenvalue weighted by Gasteiger charge is 2.03. The third-order valence-electron chi connectivity index (χ3n) is 1.73. The summed E-state index contributed by atoms with van der Waals surface area (Å²) in [6, 6.07) is 1.83. The fraction of sp³-hybridized carbons (Fsp3) is 0.222. The van der Waals surface area contributed by atoms with Gasteiger partial charge in [-0.1, -0.05) is 12.7 Å². The predicted molar refractivity (Wildman–Crippen MR) is 53.0 cm³/mol. The Bertz CT molecular complexity index is 305. The lowest BCUT2D eigenvalue weighted by atomic mass is 10.1.